The Morgan fingerprint density at radius 1 is 0.964 bits per heavy atom. The molecule has 3 aromatic rings. The van der Waals surface area contributed by atoms with Crippen LogP contribution in [-0.4, -0.2) is 18.4 Å². The van der Waals surface area contributed by atoms with Gasteiger partial charge in [0.15, 0.2) is 5.76 Å². The highest BCUT2D eigenvalue weighted by Gasteiger charge is 2.20. The summed E-state index contributed by atoms with van der Waals surface area (Å²) in [6.45, 7) is 4.96. The standard InChI is InChI=1S/C23H24N2O3/c1-3-24-22(26)15-18-10-12-20(13-11-18)25(23(27)21-5-4-14-28-21)16-19-8-6-17(2)7-9-19/h4-14H,3,15-16H2,1-2H3,(H,24,26). The molecule has 0 bridgehead atoms. The summed E-state index contributed by atoms with van der Waals surface area (Å²) in [6, 6.07) is 18.9. The fraction of sp³-hybridized carbons (Fsp3) is 0.217. The van der Waals surface area contributed by atoms with Crippen molar-refractivity contribution < 1.29 is 14.0 Å². The predicted molar refractivity (Wildman–Crippen MR) is 109 cm³/mol. The van der Waals surface area contributed by atoms with E-state index in [-0.39, 0.29) is 11.8 Å². The van der Waals surface area contributed by atoms with Crippen LogP contribution < -0.4 is 10.2 Å². The van der Waals surface area contributed by atoms with Gasteiger partial charge in [0, 0.05) is 12.2 Å². The number of carbonyl (C=O) groups excluding carboxylic acids is 2. The number of aryl methyl sites for hydroxylation is 1. The van der Waals surface area contributed by atoms with E-state index in [0.717, 1.165) is 16.8 Å². The Labute approximate surface area is 165 Å². The van der Waals surface area contributed by atoms with E-state index in [9.17, 15) is 9.59 Å². The number of likely N-dealkylation sites (N-methyl/N-ethyl adjacent to an activating group) is 1. The quantitative estimate of drug-likeness (QED) is 0.675. The molecule has 0 aliphatic carbocycles. The highest BCUT2D eigenvalue weighted by Crippen LogP contribution is 2.22. The number of hydrogen-bond donors (Lipinski definition) is 1. The van der Waals surface area contributed by atoms with Crippen molar-refractivity contribution in [1.82, 2.24) is 5.32 Å². The van der Waals surface area contributed by atoms with Gasteiger partial charge in [-0.1, -0.05) is 42.0 Å². The lowest BCUT2D eigenvalue weighted by Crippen LogP contribution is -2.30. The van der Waals surface area contributed by atoms with Crippen molar-refractivity contribution in [3.8, 4) is 0 Å². The molecule has 0 unspecified atom stereocenters. The van der Waals surface area contributed by atoms with E-state index < -0.39 is 0 Å². The molecule has 5 nitrogen and oxygen atoms in total. The number of nitrogens with one attached hydrogen (secondary N) is 1. The van der Waals surface area contributed by atoms with E-state index in [1.165, 1.54) is 11.8 Å². The average Bonchev–Trinajstić information content (AvgIpc) is 3.23. The molecule has 5 heteroatoms. The van der Waals surface area contributed by atoms with E-state index in [1.54, 1.807) is 17.0 Å². The van der Waals surface area contributed by atoms with Crippen molar-refractivity contribution in [3.05, 3.63) is 89.4 Å². The molecule has 0 aliphatic heterocycles. The zero-order valence-corrected chi connectivity index (χ0v) is 16.1. The fourth-order valence-electron chi connectivity index (χ4n) is 2.93. The molecule has 0 saturated heterocycles. The molecule has 144 valence electrons. The number of benzene rings is 2. The maximum Gasteiger partial charge on any atom is 0.294 e. The molecule has 28 heavy (non-hydrogen) atoms. The van der Waals surface area contributed by atoms with E-state index in [0.29, 0.717) is 25.3 Å². The first kappa shape index (κ1) is 19.4. The summed E-state index contributed by atoms with van der Waals surface area (Å²) in [5.41, 5.74) is 3.84. The van der Waals surface area contributed by atoms with Crippen LogP contribution >= 0.6 is 0 Å². The van der Waals surface area contributed by atoms with Gasteiger partial charge in [0.2, 0.25) is 5.91 Å². The van der Waals surface area contributed by atoms with Gasteiger partial charge in [-0.05, 0) is 49.2 Å². The maximum absolute atomic E-state index is 13.0. The van der Waals surface area contributed by atoms with Crippen molar-refractivity contribution in [2.24, 2.45) is 0 Å². The second-order valence-electron chi connectivity index (χ2n) is 6.65. The molecule has 0 spiro atoms. The first-order chi connectivity index (χ1) is 13.6. The lowest BCUT2D eigenvalue weighted by molar-refractivity contribution is -0.120. The second-order valence-corrected chi connectivity index (χ2v) is 6.65. The topological polar surface area (TPSA) is 62.6 Å². The highest BCUT2D eigenvalue weighted by molar-refractivity contribution is 6.04. The molecule has 0 radical (unpaired) electrons. The first-order valence-electron chi connectivity index (χ1n) is 9.33. The van der Waals surface area contributed by atoms with Crippen LogP contribution in [0.2, 0.25) is 0 Å². The molecule has 3 rings (SSSR count). The van der Waals surface area contributed by atoms with Crippen LogP contribution in [0.25, 0.3) is 0 Å². The third-order valence-electron chi connectivity index (χ3n) is 4.43. The van der Waals surface area contributed by atoms with E-state index in [2.05, 4.69) is 5.32 Å². The van der Waals surface area contributed by atoms with Crippen LogP contribution in [0.5, 0.6) is 0 Å². The molecule has 2 aromatic carbocycles. The SMILES string of the molecule is CCNC(=O)Cc1ccc(N(Cc2ccc(C)cc2)C(=O)c2ccco2)cc1. The van der Waals surface area contributed by atoms with Crippen molar-refractivity contribution in [3.63, 3.8) is 0 Å². The van der Waals surface area contributed by atoms with Gasteiger partial charge in [-0.15, -0.1) is 0 Å². The molecular weight excluding hydrogens is 352 g/mol. The summed E-state index contributed by atoms with van der Waals surface area (Å²) in [7, 11) is 0. The van der Waals surface area contributed by atoms with Gasteiger partial charge in [-0.2, -0.15) is 0 Å². The first-order valence-corrected chi connectivity index (χ1v) is 9.33. The Balaban J connectivity index is 1.84. The number of nitrogens with zero attached hydrogens (tertiary/aromatic N) is 1. The number of hydrogen-bond acceptors (Lipinski definition) is 3. The molecule has 0 atom stereocenters. The molecule has 1 N–H and O–H groups in total. The normalized spacial score (nSPS) is 10.5. The Bertz CT molecular complexity index is 913. The number of amides is 2. The minimum absolute atomic E-state index is 0.0153. The average molecular weight is 376 g/mol. The second kappa shape index (κ2) is 9.04. The largest absolute Gasteiger partial charge is 0.459 e. The van der Waals surface area contributed by atoms with Crippen LogP contribution in [0.1, 0.15) is 34.2 Å². The summed E-state index contributed by atoms with van der Waals surface area (Å²) in [6.07, 6.45) is 1.81. The molecular formula is C23H24N2O3. The van der Waals surface area contributed by atoms with E-state index >= 15 is 0 Å². The minimum Gasteiger partial charge on any atom is -0.459 e. The Kier molecular flexibility index (Phi) is 6.27. The van der Waals surface area contributed by atoms with E-state index in [4.69, 9.17) is 4.42 Å². The lowest BCUT2D eigenvalue weighted by Gasteiger charge is -2.22. The van der Waals surface area contributed by atoms with Crippen LogP contribution in [-0.2, 0) is 17.8 Å². The fourth-order valence-corrected chi connectivity index (χ4v) is 2.93. The van der Waals surface area contributed by atoms with Gasteiger partial charge in [0.05, 0.1) is 19.2 Å². The van der Waals surface area contributed by atoms with Gasteiger partial charge >= 0.3 is 0 Å². The Hall–Kier alpha value is -3.34. The zero-order valence-electron chi connectivity index (χ0n) is 16.1. The van der Waals surface area contributed by atoms with Crippen LogP contribution in [0.3, 0.4) is 0 Å². The van der Waals surface area contributed by atoms with E-state index in [1.807, 2.05) is 62.4 Å². The number of carbonyl (C=O) groups is 2. The van der Waals surface area contributed by atoms with Crippen molar-refractivity contribution in [1.29, 1.82) is 0 Å². The highest BCUT2D eigenvalue weighted by atomic mass is 16.3. The van der Waals surface area contributed by atoms with Gasteiger partial charge in [-0.3, -0.25) is 9.59 Å². The molecule has 1 heterocycles. The monoisotopic (exact) mass is 376 g/mol. The van der Waals surface area contributed by atoms with Crippen LogP contribution in [0.15, 0.2) is 71.3 Å². The van der Waals surface area contributed by atoms with Gasteiger partial charge in [0.25, 0.3) is 5.91 Å². The summed E-state index contributed by atoms with van der Waals surface area (Å²) < 4.78 is 5.31. The molecule has 0 aliphatic rings. The predicted octanol–water partition coefficient (Wildman–Crippen LogP) is 4.11. The third-order valence-corrected chi connectivity index (χ3v) is 4.43. The van der Waals surface area contributed by atoms with Crippen LogP contribution in [0, 0.1) is 6.92 Å². The van der Waals surface area contributed by atoms with Crippen LogP contribution in [0.4, 0.5) is 5.69 Å². The number of furan rings is 1. The number of rotatable bonds is 7. The third kappa shape index (κ3) is 4.88. The van der Waals surface area contributed by atoms with Gasteiger partial charge < -0.3 is 14.6 Å². The Morgan fingerprint density at radius 3 is 2.25 bits per heavy atom. The Morgan fingerprint density at radius 2 is 1.64 bits per heavy atom. The summed E-state index contributed by atoms with van der Waals surface area (Å²) in [4.78, 5) is 26.4. The number of anilines is 1. The van der Waals surface area contributed by atoms with Crippen molar-refractivity contribution in [2.45, 2.75) is 26.8 Å². The minimum atomic E-state index is -0.206. The maximum atomic E-state index is 13.0. The molecule has 0 fully saturated rings. The summed E-state index contributed by atoms with van der Waals surface area (Å²) >= 11 is 0. The zero-order chi connectivity index (χ0) is 19.9. The van der Waals surface area contributed by atoms with Crippen molar-refractivity contribution >= 4 is 17.5 Å². The smallest absolute Gasteiger partial charge is 0.294 e. The summed E-state index contributed by atoms with van der Waals surface area (Å²) in [5, 5.41) is 2.79. The molecule has 0 saturated carbocycles. The van der Waals surface area contributed by atoms with Gasteiger partial charge in [-0.25, -0.2) is 0 Å². The lowest BCUT2D eigenvalue weighted by atomic mass is 10.1. The van der Waals surface area contributed by atoms with Crippen molar-refractivity contribution in [2.75, 3.05) is 11.4 Å². The molecule has 1 aromatic heterocycles. The summed E-state index contributed by atoms with van der Waals surface area (Å²) in [5.74, 6) is 0.0685. The molecule has 2 amide bonds. The van der Waals surface area contributed by atoms with Gasteiger partial charge in [0.1, 0.15) is 0 Å².